The van der Waals surface area contributed by atoms with Crippen LogP contribution in [0.5, 0.6) is 0 Å². The van der Waals surface area contributed by atoms with Crippen LogP contribution in [0.15, 0.2) is 0 Å². The van der Waals surface area contributed by atoms with Crippen molar-refractivity contribution in [2.45, 2.75) is 57.8 Å². The Morgan fingerprint density at radius 3 is 2.43 bits per heavy atom. The molecule has 1 aliphatic heterocycles. The normalized spacial score (nSPS) is 24.2. The lowest BCUT2D eigenvalue weighted by Gasteiger charge is -2.37. The van der Waals surface area contributed by atoms with Gasteiger partial charge < -0.3 is 9.74 Å². The van der Waals surface area contributed by atoms with Crippen LogP contribution in [0.2, 0.25) is 18.1 Å². The second-order valence-electron chi connectivity index (χ2n) is 5.86. The van der Waals surface area contributed by atoms with E-state index in [0.717, 1.165) is 6.61 Å². The van der Waals surface area contributed by atoms with Crippen molar-refractivity contribution in [2.75, 3.05) is 13.2 Å². The van der Waals surface area contributed by atoms with E-state index >= 15 is 0 Å². The van der Waals surface area contributed by atoms with Crippen molar-refractivity contribution in [1.82, 2.24) is 5.32 Å². The molecule has 0 aromatic carbocycles. The minimum atomic E-state index is -1.51. The highest BCUT2D eigenvalue weighted by Gasteiger charge is 2.37. The van der Waals surface area contributed by atoms with Crippen molar-refractivity contribution < 1.29 is 4.43 Å². The van der Waals surface area contributed by atoms with Gasteiger partial charge in [-0.15, -0.1) is 0 Å². The van der Waals surface area contributed by atoms with Gasteiger partial charge >= 0.3 is 0 Å². The van der Waals surface area contributed by atoms with Crippen molar-refractivity contribution >= 4 is 8.32 Å². The van der Waals surface area contributed by atoms with Crippen LogP contribution in [0.3, 0.4) is 0 Å². The highest BCUT2D eigenvalue weighted by atomic mass is 28.4. The standard InChI is InChI=1S/C11H25NOSi/c1-11(2,3)14(4,5)13-9-10-7-6-8-12-10/h10,12H,6-9H2,1-5H3/t10-/m0/s1. The molecule has 0 aliphatic carbocycles. The van der Waals surface area contributed by atoms with Gasteiger partial charge in [-0.25, -0.2) is 0 Å². The van der Waals surface area contributed by atoms with Gasteiger partial charge in [0, 0.05) is 12.6 Å². The summed E-state index contributed by atoms with van der Waals surface area (Å²) in [5, 5.41) is 3.82. The van der Waals surface area contributed by atoms with Gasteiger partial charge in [-0.2, -0.15) is 0 Å². The first kappa shape index (κ1) is 12.2. The van der Waals surface area contributed by atoms with Crippen LogP contribution in [-0.2, 0) is 4.43 Å². The van der Waals surface area contributed by atoms with E-state index in [-0.39, 0.29) is 0 Å². The molecule has 0 aromatic heterocycles. The summed E-state index contributed by atoms with van der Waals surface area (Å²) in [5.74, 6) is 0. The minimum absolute atomic E-state index is 0.339. The molecule has 1 N–H and O–H groups in total. The van der Waals surface area contributed by atoms with E-state index in [4.69, 9.17) is 4.43 Å². The molecule has 1 saturated heterocycles. The maximum absolute atomic E-state index is 6.15. The molecule has 0 radical (unpaired) electrons. The van der Waals surface area contributed by atoms with Crippen molar-refractivity contribution in [3.05, 3.63) is 0 Å². The first-order valence-corrected chi connectivity index (χ1v) is 8.61. The maximum atomic E-state index is 6.15. The van der Waals surface area contributed by atoms with E-state index in [1.165, 1.54) is 19.4 Å². The highest BCUT2D eigenvalue weighted by molar-refractivity contribution is 6.74. The fourth-order valence-corrected chi connectivity index (χ4v) is 2.48. The van der Waals surface area contributed by atoms with Gasteiger partial charge in [-0.05, 0) is 37.5 Å². The van der Waals surface area contributed by atoms with E-state index in [0.29, 0.717) is 11.1 Å². The summed E-state index contributed by atoms with van der Waals surface area (Å²) in [5.41, 5.74) is 0. The largest absolute Gasteiger partial charge is 0.415 e. The second-order valence-corrected chi connectivity index (χ2v) is 10.7. The third-order valence-electron chi connectivity index (χ3n) is 3.61. The van der Waals surface area contributed by atoms with Gasteiger partial charge in [0.1, 0.15) is 0 Å². The maximum Gasteiger partial charge on any atom is 0.192 e. The lowest BCUT2D eigenvalue weighted by molar-refractivity contribution is 0.253. The smallest absolute Gasteiger partial charge is 0.192 e. The Bertz CT molecular complexity index is 180. The Labute approximate surface area is 89.6 Å². The molecule has 1 heterocycles. The topological polar surface area (TPSA) is 21.3 Å². The average Bonchev–Trinajstić information content (AvgIpc) is 2.50. The zero-order valence-corrected chi connectivity index (χ0v) is 11.3. The van der Waals surface area contributed by atoms with E-state index in [2.05, 4.69) is 39.2 Å². The lowest BCUT2D eigenvalue weighted by Crippen LogP contribution is -2.43. The van der Waals surface area contributed by atoms with Gasteiger partial charge in [0.25, 0.3) is 0 Å². The van der Waals surface area contributed by atoms with Crippen LogP contribution >= 0.6 is 0 Å². The van der Waals surface area contributed by atoms with Gasteiger partial charge in [0.05, 0.1) is 0 Å². The Morgan fingerprint density at radius 2 is 2.00 bits per heavy atom. The number of nitrogens with one attached hydrogen (secondary N) is 1. The predicted molar refractivity (Wildman–Crippen MR) is 64.2 cm³/mol. The quantitative estimate of drug-likeness (QED) is 0.731. The molecule has 0 aromatic rings. The van der Waals surface area contributed by atoms with Gasteiger partial charge in [0.2, 0.25) is 0 Å². The molecule has 0 saturated carbocycles. The Hall–Kier alpha value is 0.137. The van der Waals surface area contributed by atoms with Crippen LogP contribution in [0.4, 0.5) is 0 Å². The molecule has 0 amide bonds. The number of hydrogen-bond acceptors (Lipinski definition) is 2. The third-order valence-corrected chi connectivity index (χ3v) is 8.11. The zero-order chi connectivity index (χ0) is 10.8. The molecule has 1 atom stereocenters. The molecule has 0 spiro atoms. The zero-order valence-electron chi connectivity index (χ0n) is 10.3. The van der Waals surface area contributed by atoms with Gasteiger partial charge in [-0.3, -0.25) is 0 Å². The van der Waals surface area contributed by atoms with Crippen LogP contribution in [0, 0.1) is 0 Å². The molecule has 2 nitrogen and oxygen atoms in total. The first-order valence-electron chi connectivity index (χ1n) is 5.70. The Kier molecular flexibility index (Phi) is 3.78. The fraction of sp³-hybridized carbons (Fsp3) is 1.00. The molecule has 14 heavy (non-hydrogen) atoms. The molecule has 1 rings (SSSR count). The molecular formula is C11H25NOSi. The molecule has 1 aliphatic rings. The second kappa shape index (κ2) is 4.33. The monoisotopic (exact) mass is 215 g/mol. The fourth-order valence-electron chi connectivity index (χ4n) is 1.42. The van der Waals surface area contributed by atoms with E-state index < -0.39 is 8.32 Å². The van der Waals surface area contributed by atoms with Crippen LogP contribution in [0.1, 0.15) is 33.6 Å². The van der Waals surface area contributed by atoms with Crippen LogP contribution in [0.25, 0.3) is 0 Å². The van der Waals surface area contributed by atoms with Crippen molar-refractivity contribution in [2.24, 2.45) is 0 Å². The van der Waals surface area contributed by atoms with Gasteiger partial charge in [0.15, 0.2) is 8.32 Å². The molecule has 84 valence electrons. The molecule has 0 bridgehead atoms. The number of hydrogen-bond donors (Lipinski definition) is 1. The summed E-state index contributed by atoms with van der Waals surface area (Å²) in [6.07, 6.45) is 2.60. The van der Waals surface area contributed by atoms with Crippen LogP contribution in [-0.4, -0.2) is 27.5 Å². The molecule has 0 unspecified atom stereocenters. The predicted octanol–water partition coefficient (Wildman–Crippen LogP) is 2.76. The van der Waals surface area contributed by atoms with Crippen molar-refractivity contribution in [3.63, 3.8) is 0 Å². The summed E-state index contributed by atoms with van der Waals surface area (Å²) >= 11 is 0. The van der Waals surface area contributed by atoms with Crippen molar-refractivity contribution in [3.8, 4) is 0 Å². The summed E-state index contributed by atoms with van der Waals surface area (Å²) in [6.45, 7) is 13.6. The average molecular weight is 215 g/mol. The van der Waals surface area contributed by atoms with Gasteiger partial charge in [-0.1, -0.05) is 20.8 Å². The third kappa shape index (κ3) is 3.07. The SMILES string of the molecule is CC(C)(C)[Si](C)(C)OC[C@@H]1CCCN1. The van der Waals surface area contributed by atoms with E-state index in [1.807, 2.05) is 0 Å². The van der Waals surface area contributed by atoms with Crippen molar-refractivity contribution in [1.29, 1.82) is 0 Å². The summed E-state index contributed by atoms with van der Waals surface area (Å²) in [7, 11) is -1.51. The highest BCUT2D eigenvalue weighted by Crippen LogP contribution is 2.36. The Balaban J connectivity index is 2.35. The molecular weight excluding hydrogens is 190 g/mol. The van der Waals surface area contributed by atoms with E-state index in [9.17, 15) is 0 Å². The summed E-state index contributed by atoms with van der Waals surface area (Å²) < 4.78 is 6.15. The summed E-state index contributed by atoms with van der Waals surface area (Å²) in [6, 6.07) is 0.615. The minimum Gasteiger partial charge on any atom is -0.415 e. The number of rotatable bonds is 3. The first-order chi connectivity index (χ1) is 6.33. The lowest BCUT2D eigenvalue weighted by atomic mass is 10.2. The molecule has 3 heteroatoms. The van der Waals surface area contributed by atoms with Crippen LogP contribution < -0.4 is 5.32 Å². The molecule has 1 fully saturated rings. The Morgan fingerprint density at radius 1 is 1.36 bits per heavy atom. The summed E-state index contributed by atoms with van der Waals surface area (Å²) in [4.78, 5) is 0. The van der Waals surface area contributed by atoms with E-state index in [1.54, 1.807) is 0 Å².